The number of hydrogen-bond donors (Lipinski definition) is 2. The maximum absolute atomic E-state index is 12.9. The Bertz CT molecular complexity index is 1490. The first-order valence-corrected chi connectivity index (χ1v) is 13.2. The molecule has 3 heterocycles. The predicted octanol–water partition coefficient (Wildman–Crippen LogP) is 3.77. The smallest absolute Gasteiger partial charge is 0.253 e. The minimum atomic E-state index is -0.129. The van der Waals surface area contributed by atoms with Gasteiger partial charge in [-0.2, -0.15) is 13.5 Å². The Morgan fingerprint density at radius 1 is 0.975 bits per heavy atom. The first kappa shape index (κ1) is 29.0. The molecule has 208 valence electrons. The van der Waals surface area contributed by atoms with Crippen molar-refractivity contribution < 1.29 is 9.59 Å². The molecule has 1 fully saturated rings. The summed E-state index contributed by atoms with van der Waals surface area (Å²) in [6.07, 6.45) is 3.22. The molecule has 2 aromatic heterocycles. The molecule has 1 aliphatic heterocycles. The number of nitrogens with zero attached hydrogens (tertiary/aromatic N) is 5. The van der Waals surface area contributed by atoms with E-state index in [1.807, 2.05) is 53.4 Å². The number of pyridine rings is 1. The van der Waals surface area contributed by atoms with E-state index >= 15 is 0 Å². The number of amides is 2. The molecule has 1 saturated heterocycles. The van der Waals surface area contributed by atoms with E-state index in [4.69, 9.17) is 0 Å². The Labute approximate surface area is 241 Å². The summed E-state index contributed by atoms with van der Waals surface area (Å²) in [4.78, 5) is 42.8. The van der Waals surface area contributed by atoms with Gasteiger partial charge in [0, 0.05) is 74.5 Å². The average Bonchev–Trinajstić information content (AvgIpc) is 2.99. The van der Waals surface area contributed by atoms with Crippen LogP contribution >= 0.6 is 13.5 Å². The SMILES string of the molecule is CNC(=O)c1ccnc2c([C@H](C)CNc3cc(-c4ccc(C(=O)N5CCN(C)CC5)cc4)ncn3)cccc12.S. The van der Waals surface area contributed by atoms with E-state index in [1.54, 1.807) is 25.6 Å². The Morgan fingerprint density at radius 3 is 2.45 bits per heavy atom. The molecular formula is C30H35N7O2S. The van der Waals surface area contributed by atoms with Gasteiger partial charge in [0.05, 0.1) is 16.8 Å². The van der Waals surface area contributed by atoms with Crippen molar-refractivity contribution in [1.29, 1.82) is 0 Å². The number of anilines is 1. The largest absolute Gasteiger partial charge is 0.369 e. The molecule has 5 rings (SSSR count). The Kier molecular flexibility index (Phi) is 9.34. The van der Waals surface area contributed by atoms with Gasteiger partial charge in [-0.1, -0.05) is 37.3 Å². The van der Waals surface area contributed by atoms with Gasteiger partial charge in [0.1, 0.15) is 12.1 Å². The van der Waals surface area contributed by atoms with Crippen molar-refractivity contribution in [2.24, 2.45) is 0 Å². The van der Waals surface area contributed by atoms with E-state index in [1.165, 1.54) is 0 Å². The van der Waals surface area contributed by atoms with Gasteiger partial charge in [-0.05, 0) is 30.8 Å². The third-order valence-corrected chi connectivity index (χ3v) is 7.28. The Morgan fingerprint density at radius 2 is 1.73 bits per heavy atom. The maximum atomic E-state index is 12.9. The van der Waals surface area contributed by atoms with Crippen LogP contribution in [0.4, 0.5) is 5.82 Å². The molecule has 0 unspecified atom stereocenters. The maximum Gasteiger partial charge on any atom is 0.253 e. The first-order valence-electron chi connectivity index (χ1n) is 13.2. The third kappa shape index (κ3) is 6.24. The zero-order chi connectivity index (χ0) is 27.4. The van der Waals surface area contributed by atoms with Crippen LogP contribution < -0.4 is 10.6 Å². The van der Waals surface area contributed by atoms with Crippen molar-refractivity contribution >= 4 is 42.0 Å². The second kappa shape index (κ2) is 12.9. The summed E-state index contributed by atoms with van der Waals surface area (Å²) in [6.45, 7) is 6.04. The van der Waals surface area contributed by atoms with Gasteiger partial charge in [-0.15, -0.1) is 0 Å². The number of carbonyl (C=O) groups is 2. The van der Waals surface area contributed by atoms with Crippen molar-refractivity contribution in [3.05, 3.63) is 83.8 Å². The minimum Gasteiger partial charge on any atom is -0.369 e. The number of likely N-dealkylation sites (N-methyl/N-ethyl adjacent to an activating group) is 1. The molecule has 2 N–H and O–H groups in total. The fraction of sp³-hybridized carbons (Fsp3) is 0.300. The molecule has 2 aromatic carbocycles. The lowest BCUT2D eigenvalue weighted by atomic mass is 9.96. The zero-order valence-electron chi connectivity index (χ0n) is 23.0. The standard InChI is InChI=1S/C30H33N7O2.H2S/c1-20(23-5-4-6-24-25(29(38)31-2)11-12-32-28(23)24)18-33-27-17-26(34-19-35-27)21-7-9-22(10-8-21)30(39)37-15-13-36(3)14-16-37;/h4-12,17,19-20H,13-16,18H2,1-3H3,(H,31,38)(H,33,34,35);1H2/t20-;/m1./s1. The molecule has 0 spiro atoms. The number of rotatable bonds is 7. The fourth-order valence-corrected chi connectivity index (χ4v) is 4.88. The first-order chi connectivity index (χ1) is 18.9. The lowest BCUT2D eigenvalue weighted by Crippen LogP contribution is -2.47. The van der Waals surface area contributed by atoms with E-state index < -0.39 is 0 Å². The van der Waals surface area contributed by atoms with Crippen LogP contribution in [-0.4, -0.2) is 83.4 Å². The van der Waals surface area contributed by atoms with E-state index in [9.17, 15) is 9.59 Å². The highest BCUT2D eigenvalue weighted by molar-refractivity contribution is 7.59. The van der Waals surface area contributed by atoms with Crippen molar-refractivity contribution in [1.82, 2.24) is 30.1 Å². The predicted molar refractivity (Wildman–Crippen MR) is 163 cm³/mol. The number of fused-ring (bicyclic) bond motifs is 1. The van der Waals surface area contributed by atoms with Crippen molar-refractivity contribution in [3.63, 3.8) is 0 Å². The van der Waals surface area contributed by atoms with Gasteiger partial charge in [-0.25, -0.2) is 9.97 Å². The summed E-state index contributed by atoms with van der Waals surface area (Å²) in [6, 6.07) is 17.2. The Hall–Kier alpha value is -4.02. The quantitative estimate of drug-likeness (QED) is 0.357. The molecule has 0 bridgehead atoms. The number of hydrogen-bond acceptors (Lipinski definition) is 7. The Balaban J connectivity index is 0.00000370. The van der Waals surface area contributed by atoms with E-state index in [0.717, 1.165) is 53.9 Å². The fourth-order valence-electron chi connectivity index (χ4n) is 4.88. The van der Waals surface area contributed by atoms with Gasteiger partial charge in [0.25, 0.3) is 11.8 Å². The summed E-state index contributed by atoms with van der Waals surface area (Å²) in [5.74, 6) is 0.762. The second-order valence-electron chi connectivity index (χ2n) is 9.92. The van der Waals surface area contributed by atoms with Crippen LogP contribution in [0.2, 0.25) is 0 Å². The number of benzene rings is 2. The number of aromatic nitrogens is 3. The number of nitrogens with one attached hydrogen (secondary N) is 2. The third-order valence-electron chi connectivity index (χ3n) is 7.28. The molecule has 10 heteroatoms. The van der Waals surface area contributed by atoms with Crippen molar-refractivity contribution in [3.8, 4) is 11.3 Å². The molecule has 4 aromatic rings. The molecule has 0 radical (unpaired) electrons. The van der Waals surface area contributed by atoms with Gasteiger partial charge in [0.2, 0.25) is 0 Å². The topological polar surface area (TPSA) is 103 Å². The monoisotopic (exact) mass is 557 g/mol. The minimum absolute atomic E-state index is 0. The summed E-state index contributed by atoms with van der Waals surface area (Å²) < 4.78 is 0. The highest BCUT2D eigenvalue weighted by Gasteiger charge is 2.20. The molecule has 40 heavy (non-hydrogen) atoms. The number of piperazine rings is 1. The lowest BCUT2D eigenvalue weighted by Gasteiger charge is -2.32. The highest BCUT2D eigenvalue weighted by atomic mass is 32.1. The average molecular weight is 558 g/mol. The second-order valence-corrected chi connectivity index (χ2v) is 9.92. The zero-order valence-corrected chi connectivity index (χ0v) is 24.0. The normalized spacial score (nSPS) is 14.3. The number of carbonyl (C=O) groups excluding carboxylic acids is 2. The molecule has 0 saturated carbocycles. The molecule has 0 aliphatic carbocycles. The van der Waals surface area contributed by atoms with Crippen LogP contribution in [0, 0.1) is 0 Å². The molecule has 1 aliphatic rings. The van der Waals surface area contributed by atoms with Gasteiger partial charge in [-0.3, -0.25) is 14.6 Å². The van der Waals surface area contributed by atoms with Crippen molar-refractivity contribution in [2.45, 2.75) is 12.8 Å². The molecular weight excluding hydrogens is 522 g/mol. The van der Waals surface area contributed by atoms with Crippen LogP contribution in [0.25, 0.3) is 22.2 Å². The lowest BCUT2D eigenvalue weighted by molar-refractivity contribution is 0.0664. The van der Waals surface area contributed by atoms with Crippen LogP contribution in [0.3, 0.4) is 0 Å². The summed E-state index contributed by atoms with van der Waals surface area (Å²) in [5.41, 5.74) is 4.88. The van der Waals surface area contributed by atoms with E-state index in [0.29, 0.717) is 23.5 Å². The van der Waals surface area contributed by atoms with Crippen molar-refractivity contribution in [2.75, 3.05) is 52.1 Å². The highest BCUT2D eigenvalue weighted by Crippen LogP contribution is 2.27. The van der Waals surface area contributed by atoms with Crippen LogP contribution in [-0.2, 0) is 0 Å². The van der Waals surface area contributed by atoms with Gasteiger partial charge in [0.15, 0.2) is 0 Å². The van der Waals surface area contributed by atoms with Crippen LogP contribution in [0.5, 0.6) is 0 Å². The number of para-hydroxylation sites is 1. The van der Waals surface area contributed by atoms with Gasteiger partial charge < -0.3 is 20.4 Å². The van der Waals surface area contributed by atoms with E-state index in [-0.39, 0.29) is 31.2 Å². The summed E-state index contributed by atoms with van der Waals surface area (Å²) >= 11 is 0. The molecule has 2 amide bonds. The van der Waals surface area contributed by atoms with Crippen LogP contribution in [0.15, 0.2) is 67.1 Å². The summed E-state index contributed by atoms with van der Waals surface area (Å²) in [7, 11) is 3.70. The van der Waals surface area contributed by atoms with Crippen LogP contribution in [0.1, 0.15) is 39.1 Å². The summed E-state index contributed by atoms with van der Waals surface area (Å²) in [5, 5.41) is 6.95. The van der Waals surface area contributed by atoms with Gasteiger partial charge >= 0.3 is 0 Å². The molecule has 1 atom stereocenters. The molecule has 9 nitrogen and oxygen atoms in total. The van der Waals surface area contributed by atoms with E-state index in [2.05, 4.69) is 44.5 Å².